The quantitative estimate of drug-likeness (QED) is 0.554. The maximum absolute atomic E-state index is 8.70. The molecule has 0 amide bonds. The van der Waals surface area contributed by atoms with Crippen molar-refractivity contribution in [3.05, 3.63) is 24.3 Å². The molecule has 0 aliphatic heterocycles. The summed E-state index contributed by atoms with van der Waals surface area (Å²) in [5.41, 5.74) is 5.98. The van der Waals surface area contributed by atoms with Crippen LogP contribution in [0.4, 0.5) is 5.69 Å². The number of hydrogen-bond acceptors (Lipinski definition) is 2. The number of benzene rings is 1. The summed E-state index contributed by atoms with van der Waals surface area (Å²) in [6.45, 7) is 0. The molecule has 1 aromatic carbocycles. The Morgan fingerprint density at radius 2 is 1.56 bits per heavy atom. The van der Waals surface area contributed by atoms with Crippen molar-refractivity contribution in [3.8, 4) is 5.75 Å². The second-order valence-corrected chi connectivity index (χ2v) is 1.59. The van der Waals surface area contributed by atoms with Gasteiger partial charge in [0.05, 0.1) is 0 Å². The van der Waals surface area contributed by atoms with E-state index in [-0.39, 0.29) is 26.8 Å². The van der Waals surface area contributed by atoms with Crippen LogP contribution in [-0.4, -0.2) is 5.11 Å². The monoisotopic (exact) mass is 304 g/mol. The largest absolute Gasteiger partial charge is 0.508 e. The Morgan fingerprint density at radius 3 is 1.89 bits per heavy atom. The molecule has 3 heteroatoms. The Bertz CT molecular complexity index is 152. The van der Waals surface area contributed by atoms with Crippen LogP contribution < -0.4 is 5.73 Å². The number of hydrogen-bond donors (Lipinski definition) is 2. The van der Waals surface area contributed by atoms with Crippen LogP contribution in [0.25, 0.3) is 0 Å². The van der Waals surface area contributed by atoms with Crippen molar-refractivity contribution >= 4 is 5.69 Å². The van der Waals surface area contributed by atoms with Crippen LogP contribution in [0, 0.1) is 0 Å². The predicted octanol–water partition coefficient (Wildman–Crippen LogP) is 0.972. The molecular weight excluding hydrogens is 297 g/mol. The molecule has 0 radical (unpaired) electrons. The second kappa shape index (κ2) is 3.52. The second-order valence-electron chi connectivity index (χ2n) is 1.59. The first-order valence-electron chi connectivity index (χ1n) is 2.33. The average molecular weight is 304 g/mol. The van der Waals surface area contributed by atoms with E-state index in [4.69, 9.17) is 10.8 Å². The molecule has 0 bridgehead atoms. The van der Waals surface area contributed by atoms with Crippen molar-refractivity contribution in [2.75, 3.05) is 5.73 Å². The van der Waals surface area contributed by atoms with Gasteiger partial charge < -0.3 is 10.8 Å². The van der Waals surface area contributed by atoms with Gasteiger partial charge >= 0.3 is 0 Å². The number of phenolic OH excluding ortho intramolecular Hbond substituents is 1. The fourth-order valence-corrected chi connectivity index (χ4v) is 0.474. The summed E-state index contributed by atoms with van der Waals surface area (Å²) >= 11 is 0. The molecule has 1 aromatic rings. The van der Waals surface area contributed by atoms with Crippen LogP contribution in [0.15, 0.2) is 24.3 Å². The summed E-state index contributed by atoms with van der Waals surface area (Å²) in [4.78, 5) is 0. The standard InChI is InChI=1S/C6H7NO.Pt/c7-5-1-3-6(8)4-2-5;/h1-4,8H,7H2;. The maximum atomic E-state index is 8.70. The number of rotatable bonds is 0. The van der Waals surface area contributed by atoms with E-state index < -0.39 is 0 Å². The molecule has 2 nitrogen and oxygen atoms in total. The van der Waals surface area contributed by atoms with Gasteiger partial charge in [0.15, 0.2) is 0 Å². The van der Waals surface area contributed by atoms with Crippen LogP contribution in [0.5, 0.6) is 5.75 Å². The number of anilines is 1. The van der Waals surface area contributed by atoms with E-state index >= 15 is 0 Å². The van der Waals surface area contributed by atoms with E-state index in [0.29, 0.717) is 5.69 Å². The Kier molecular flexibility index (Phi) is 3.33. The third-order valence-electron chi connectivity index (χ3n) is 0.893. The zero-order valence-electron chi connectivity index (χ0n) is 4.65. The van der Waals surface area contributed by atoms with Crippen LogP contribution in [0.2, 0.25) is 0 Å². The van der Waals surface area contributed by atoms with Gasteiger partial charge in [-0.3, -0.25) is 0 Å². The topological polar surface area (TPSA) is 46.2 Å². The Hall–Kier alpha value is -0.492. The minimum absolute atomic E-state index is 0. The van der Waals surface area contributed by atoms with Crippen molar-refractivity contribution in [1.29, 1.82) is 0 Å². The Morgan fingerprint density at radius 1 is 1.11 bits per heavy atom. The summed E-state index contributed by atoms with van der Waals surface area (Å²) in [5, 5.41) is 8.70. The summed E-state index contributed by atoms with van der Waals surface area (Å²) in [5.74, 6) is 0.249. The van der Waals surface area contributed by atoms with E-state index in [1.54, 1.807) is 24.3 Å². The molecule has 0 spiro atoms. The van der Waals surface area contributed by atoms with Gasteiger partial charge in [-0.05, 0) is 24.3 Å². The minimum Gasteiger partial charge on any atom is -0.508 e. The van der Waals surface area contributed by atoms with Gasteiger partial charge in [-0.2, -0.15) is 0 Å². The number of phenols is 1. The van der Waals surface area contributed by atoms with E-state index in [0.717, 1.165) is 0 Å². The first-order chi connectivity index (χ1) is 3.79. The fraction of sp³-hybridized carbons (Fsp3) is 0. The molecule has 3 N–H and O–H groups in total. The van der Waals surface area contributed by atoms with E-state index in [2.05, 4.69) is 0 Å². The molecule has 0 heterocycles. The zero-order valence-corrected chi connectivity index (χ0v) is 6.92. The molecule has 0 saturated heterocycles. The summed E-state index contributed by atoms with van der Waals surface area (Å²) in [6.07, 6.45) is 0. The molecule has 0 aliphatic rings. The van der Waals surface area contributed by atoms with E-state index in [1.807, 2.05) is 0 Å². The molecule has 0 unspecified atom stereocenters. The van der Waals surface area contributed by atoms with Gasteiger partial charge in [-0.25, -0.2) is 0 Å². The first kappa shape index (κ1) is 8.51. The van der Waals surface area contributed by atoms with Gasteiger partial charge in [0.2, 0.25) is 0 Å². The summed E-state index contributed by atoms with van der Waals surface area (Å²) in [6, 6.07) is 6.40. The van der Waals surface area contributed by atoms with Crippen molar-refractivity contribution in [2.45, 2.75) is 0 Å². The maximum Gasteiger partial charge on any atom is 0.115 e. The summed E-state index contributed by atoms with van der Waals surface area (Å²) in [7, 11) is 0. The zero-order chi connectivity index (χ0) is 5.98. The van der Waals surface area contributed by atoms with Crippen molar-refractivity contribution in [1.82, 2.24) is 0 Å². The first-order valence-corrected chi connectivity index (χ1v) is 2.33. The van der Waals surface area contributed by atoms with Crippen LogP contribution in [-0.2, 0) is 21.1 Å². The molecule has 0 saturated carbocycles. The molecule has 1 rings (SSSR count). The summed E-state index contributed by atoms with van der Waals surface area (Å²) < 4.78 is 0. The molecule has 9 heavy (non-hydrogen) atoms. The van der Waals surface area contributed by atoms with Crippen molar-refractivity contribution < 1.29 is 26.2 Å². The Balaban J connectivity index is 0.000000640. The van der Waals surface area contributed by atoms with Crippen molar-refractivity contribution in [2.24, 2.45) is 0 Å². The molecular formula is C6H7NOPt. The third kappa shape index (κ3) is 2.52. The normalized spacial score (nSPS) is 8.00. The number of nitrogen functional groups attached to an aromatic ring is 1. The smallest absolute Gasteiger partial charge is 0.115 e. The van der Waals surface area contributed by atoms with Crippen molar-refractivity contribution in [3.63, 3.8) is 0 Å². The van der Waals surface area contributed by atoms with Crippen LogP contribution in [0.1, 0.15) is 0 Å². The number of aromatic hydroxyl groups is 1. The average Bonchev–Trinajstić information content (AvgIpc) is 1.77. The molecule has 0 aromatic heterocycles. The Labute approximate surface area is 68.0 Å². The molecule has 0 aliphatic carbocycles. The van der Waals surface area contributed by atoms with E-state index in [1.165, 1.54) is 0 Å². The third-order valence-corrected chi connectivity index (χ3v) is 0.893. The molecule has 0 atom stereocenters. The van der Waals surface area contributed by atoms with Gasteiger partial charge in [-0.1, -0.05) is 0 Å². The number of nitrogens with two attached hydrogens (primary N) is 1. The fourth-order valence-electron chi connectivity index (χ4n) is 0.474. The van der Waals surface area contributed by atoms with Crippen LogP contribution >= 0.6 is 0 Å². The van der Waals surface area contributed by atoms with Gasteiger partial charge in [0.1, 0.15) is 5.75 Å². The minimum atomic E-state index is 0. The molecule has 52 valence electrons. The van der Waals surface area contributed by atoms with Crippen LogP contribution in [0.3, 0.4) is 0 Å². The predicted molar refractivity (Wildman–Crippen MR) is 32.5 cm³/mol. The van der Waals surface area contributed by atoms with Gasteiger partial charge in [0, 0.05) is 26.8 Å². The van der Waals surface area contributed by atoms with Gasteiger partial charge in [0.25, 0.3) is 0 Å². The molecule has 0 fully saturated rings. The van der Waals surface area contributed by atoms with E-state index in [9.17, 15) is 0 Å². The SMILES string of the molecule is Nc1ccc(O)cc1.[Pt]. The van der Waals surface area contributed by atoms with Gasteiger partial charge in [-0.15, -0.1) is 0 Å².